The summed E-state index contributed by atoms with van der Waals surface area (Å²) in [5.74, 6) is 0.0181. The van der Waals surface area contributed by atoms with Gasteiger partial charge in [-0.05, 0) is 37.0 Å². The van der Waals surface area contributed by atoms with Crippen molar-refractivity contribution in [2.45, 2.75) is 33.1 Å². The summed E-state index contributed by atoms with van der Waals surface area (Å²) < 4.78 is 5.38. The second-order valence-electron chi connectivity index (χ2n) is 9.13. The van der Waals surface area contributed by atoms with Gasteiger partial charge in [0, 0.05) is 36.3 Å². The molecule has 0 spiro atoms. The number of rotatable bonds is 12. The number of aromatic nitrogens is 1. The van der Waals surface area contributed by atoms with E-state index >= 15 is 0 Å². The fourth-order valence-electron chi connectivity index (χ4n) is 4.45. The molecule has 0 bridgehead atoms. The molecule has 1 amide bonds. The van der Waals surface area contributed by atoms with Crippen LogP contribution in [0.4, 0.5) is 0 Å². The lowest BCUT2D eigenvalue weighted by Gasteiger charge is -2.24. The Hall–Kier alpha value is -3.18. The third kappa shape index (κ3) is 6.20. The van der Waals surface area contributed by atoms with E-state index in [9.17, 15) is 19.6 Å². The minimum atomic E-state index is -0.454. The van der Waals surface area contributed by atoms with Crippen molar-refractivity contribution in [3.8, 4) is 11.8 Å². The van der Waals surface area contributed by atoms with Gasteiger partial charge in [0.1, 0.15) is 11.5 Å². The number of carbonyl (C=O) groups is 3. The first-order valence-electron chi connectivity index (χ1n) is 11.4. The molecule has 1 aromatic carbocycles. The highest BCUT2D eigenvalue weighted by molar-refractivity contribution is 6.02. The number of aromatic amines is 1. The van der Waals surface area contributed by atoms with E-state index in [1.807, 2.05) is 32.0 Å². The maximum atomic E-state index is 13.2. The number of hydrogen-bond acceptors (Lipinski definition) is 6. The number of methoxy groups -OCH3 is 1. The lowest BCUT2D eigenvalue weighted by atomic mass is 9.88. The molecule has 33 heavy (non-hydrogen) atoms. The van der Waals surface area contributed by atoms with Gasteiger partial charge in [-0.25, -0.2) is 0 Å². The van der Waals surface area contributed by atoms with Crippen molar-refractivity contribution in [3.63, 3.8) is 0 Å². The number of ether oxygens (including phenoxy) is 1. The van der Waals surface area contributed by atoms with E-state index in [0.29, 0.717) is 37.4 Å². The van der Waals surface area contributed by atoms with Crippen LogP contribution in [0.2, 0.25) is 0 Å². The Bertz CT molecular complexity index is 1050. The van der Waals surface area contributed by atoms with Gasteiger partial charge in [0.25, 0.3) is 0 Å². The maximum Gasteiger partial charge on any atom is 0.224 e. The number of fused-ring (bicyclic) bond motifs is 1. The SMILES string of the molecule is COc1cccc2[nH]c(C(=O)C[C@@H](CC(C)C)C(=O)CN(CC#N)C[C@@H]3CCNC3=O)cc12. The highest BCUT2D eigenvalue weighted by Gasteiger charge is 2.30. The number of hydrogen-bond donors (Lipinski definition) is 2. The van der Waals surface area contributed by atoms with Gasteiger partial charge in [0.2, 0.25) is 5.91 Å². The van der Waals surface area contributed by atoms with Gasteiger partial charge < -0.3 is 15.0 Å². The zero-order valence-electron chi connectivity index (χ0n) is 19.5. The molecule has 2 aromatic rings. The van der Waals surface area contributed by atoms with Gasteiger partial charge in [-0.1, -0.05) is 19.9 Å². The Morgan fingerprint density at radius 3 is 2.76 bits per heavy atom. The standard InChI is InChI=1S/C25H32N4O4/c1-16(2)11-18(23(31)15-29(10-8-26)14-17-7-9-27-25(17)32)12-22(30)21-13-19-20(28-21)5-4-6-24(19)33-3/h4-6,13,16-18,28H,7,9-12,14-15H2,1-3H3,(H,27,32)/t17-,18+/m0/s1. The van der Waals surface area contributed by atoms with Crippen LogP contribution in [0.5, 0.6) is 5.75 Å². The summed E-state index contributed by atoms with van der Waals surface area (Å²) in [7, 11) is 1.59. The van der Waals surface area contributed by atoms with E-state index in [0.717, 1.165) is 10.9 Å². The molecule has 0 unspecified atom stereocenters. The summed E-state index contributed by atoms with van der Waals surface area (Å²) in [4.78, 5) is 43.1. The molecular formula is C25H32N4O4. The van der Waals surface area contributed by atoms with E-state index in [-0.39, 0.29) is 48.8 Å². The van der Waals surface area contributed by atoms with Crippen LogP contribution >= 0.6 is 0 Å². The molecule has 0 aliphatic carbocycles. The molecule has 2 heterocycles. The number of nitriles is 1. The normalized spacial score (nSPS) is 16.7. The Labute approximate surface area is 194 Å². The number of ketones is 2. The third-order valence-electron chi connectivity index (χ3n) is 6.10. The highest BCUT2D eigenvalue weighted by Crippen LogP contribution is 2.28. The average Bonchev–Trinajstić information content (AvgIpc) is 3.39. The van der Waals surface area contributed by atoms with Crippen LogP contribution in [0.3, 0.4) is 0 Å². The minimum absolute atomic E-state index is 0.0338. The molecule has 3 rings (SSSR count). The molecule has 2 N–H and O–H groups in total. The fourth-order valence-corrected chi connectivity index (χ4v) is 4.45. The van der Waals surface area contributed by atoms with E-state index in [1.54, 1.807) is 18.1 Å². The van der Waals surface area contributed by atoms with Crippen molar-refractivity contribution in [1.82, 2.24) is 15.2 Å². The largest absolute Gasteiger partial charge is 0.496 e. The number of amides is 1. The van der Waals surface area contributed by atoms with Crippen LogP contribution in [0, 0.1) is 29.1 Å². The monoisotopic (exact) mass is 452 g/mol. The highest BCUT2D eigenvalue weighted by atomic mass is 16.5. The minimum Gasteiger partial charge on any atom is -0.496 e. The zero-order valence-corrected chi connectivity index (χ0v) is 19.5. The lowest BCUT2D eigenvalue weighted by Crippen LogP contribution is -2.39. The molecule has 8 heteroatoms. The average molecular weight is 453 g/mol. The smallest absolute Gasteiger partial charge is 0.224 e. The fraction of sp³-hybridized carbons (Fsp3) is 0.520. The first-order chi connectivity index (χ1) is 15.8. The molecule has 176 valence electrons. The predicted octanol–water partition coefficient (Wildman–Crippen LogP) is 2.94. The van der Waals surface area contributed by atoms with Crippen LogP contribution in [-0.2, 0) is 9.59 Å². The number of benzene rings is 1. The lowest BCUT2D eigenvalue weighted by molar-refractivity contribution is -0.126. The molecule has 1 saturated heterocycles. The van der Waals surface area contributed by atoms with Gasteiger partial charge >= 0.3 is 0 Å². The summed E-state index contributed by atoms with van der Waals surface area (Å²) in [5, 5.41) is 12.8. The van der Waals surface area contributed by atoms with Gasteiger partial charge in [0.15, 0.2) is 5.78 Å². The van der Waals surface area contributed by atoms with Gasteiger partial charge in [-0.15, -0.1) is 0 Å². The number of Topliss-reactive ketones (excluding diaryl/α,β-unsaturated/α-hetero) is 2. The Morgan fingerprint density at radius 2 is 2.12 bits per heavy atom. The molecular weight excluding hydrogens is 420 g/mol. The van der Waals surface area contributed by atoms with Crippen molar-refractivity contribution >= 4 is 28.4 Å². The van der Waals surface area contributed by atoms with Crippen LogP contribution in [0.15, 0.2) is 24.3 Å². The molecule has 8 nitrogen and oxygen atoms in total. The second-order valence-corrected chi connectivity index (χ2v) is 9.13. The summed E-state index contributed by atoms with van der Waals surface area (Å²) in [6.45, 7) is 5.16. The summed E-state index contributed by atoms with van der Waals surface area (Å²) in [5.41, 5.74) is 1.26. The van der Waals surface area contributed by atoms with E-state index in [4.69, 9.17) is 4.74 Å². The Balaban J connectivity index is 1.72. The molecule has 1 aliphatic heterocycles. The predicted molar refractivity (Wildman–Crippen MR) is 125 cm³/mol. The van der Waals surface area contributed by atoms with Crippen LogP contribution < -0.4 is 10.1 Å². The molecule has 1 aromatic heterocycles. The number of H-pyrrole nitrogens is 1. The summed E-state index contributed by atoms with van der Waals surface area (Å²) >= 11 is 0. The molecule has 1 aliphatic rings. The third-order valence-corrected chi connectivity index (χ3v) is 6.10. The summed E-state index contributed by atoms with van der Waals surface area (Å²) in [6.07, 6.45) is 1.38. The zero-order chi connectivity index (χ0) is 24.0. The molecule has 0 radical (unpaired) electrons. The van der Waals surface area contributed by atoms with E-state index in [2.05, 4.69) is 16.4 Å². The Morgan fingerprint density at radius 1 is 1.33 bits per heavy atom. The van der Waals surface area contributed by atoms with Crippen LogP contribution in [0.25, 0.3) is 10.9 Å². The van der Waals surface area contributed by atoms with Crippen molar-refractivity contribution in [1.29, 1.82) is 5.26 Å². The maximum absolute atomic E-state index is 13.2. The molecule has 1 fully saturated rings. The first-order valence-corrected chi connectivity index (χ1v) is 11.4. The van der Waals surface area contributed by atoms with Gasteiger partial charge in [0.05, 0.1) is 37.9 Å². The topological polar surface area (TPSA) is 115 Å². The van der Waals surface area contributed by atoms with Crippen molar-refractivity contribution < 1.29 is 19.1 Å². The van der Waals surface area contributed by atoms with Crippen molar-refractivity contribution in [2.75, 3.05) is 33.3 Å². The van der Waals surface area contributed by atoms with Crippen LogP contribution in [-0.4, -0.2) is 60.6 Å². The van der Waals surface area contributed by atoms with Crippen LogP contribution in [0.1, 0.15) is 43.6 Å². The number of nitrogens with zero attached hydrogens (tertiary/aromatic N) is 2. The number of nitrogens with one attached hydrogen (secondary N) is 2. The Kier molecular flexibility index (Phi) is 8.23. The van der Waals surface area contributed by atoms with Gasteiger partial charge in [-0.3, -0.25) is 19.3 Å². The number of carbonyl (C=O) groups excluding carboxylic acids is 3. The quantitative estimate of drug-likeness (QED) is 0.378. The van der Waals surface area contributed by atoms with Gasteiger partial charge in [-0.2, -0.15) is 5.26 Å². The second kappa shape index (κ2) is 11.1. The molecule has 2 atom stereocenters. The van der Waals surface area contributed by atoms with E-state index < -0.39 is 5.92 Å². The summed E-state index contributed by atoms with van der Waals surface area (Å²) in [6, 6.07) is 9.43. The van der Waals surface area contributed by atoms with Crippen molar-refractivity contribution in [3.05, 3.63) is 30.0 Å². The first kappa shape index (κ1) is 24.5. The van der Waals surface area contributed by atoms with E-state index in [1.165, 1.54) is 0 Å². The molecule has 0 saturated carbocycles. The van der Waals surface area contributed by atoms with Crippen molar-refractivity contribution in [2.24, 2.45) is 17.8 Å².